The minimum absolute atomic E-state index is 0.693. The van der Waals surface area contributed by atoms with E-state index < -0.39 is 8.41 Å². The lowest BCUT2D eigenvalue weighted by Gasteiger charge is -2.28. The largest absolute Gasteiger partial charge is 0.341 e. The van der Waals surface area contributed by atoms with Gasteiger partial charge in [-0.2, -0.15) is 0 Å². The number of hydrogen-bond acceptors (Lipinski definition) is 0. The minimum Gasteiger partial charge on any atom is -0.296 e. The van der Waals surface area contributed by atoms with Crippen LogP contribution in [-0.4, -0.2) is 8.41 Å². The van der Waals surface area contributed by atoms with Crippen molar-refractivity contribution in [1.29, 1.82) is 0 Å². The summed E-state index contributed by atoms with van der Waals surface area (Å²) in [7, 11) is -3.79. The van der Waals surface area contributed by atoms with E-state index in [0.717, 1.165) is 16.7 Å². The molecule has 0 N–H and O–H groups in total. The van der Waals surface area contributed by atoms with Crippen molar-refractivity contribution in [2.45, 2.75) is 0 Å². The summed E-state index contributed by atoms with van der Waals surface area (Å²) in [5.41, 5.74) is 2.46. The Morgan fingerprint density at radius 1 is 0.538 bits per heavy atom. The van der Waals surface area contributed by atoms with Crippen molar-refractivity contribution >= 4 is 42.2 Å². The second-order valence-corrected chi connectivity index (χ2v) is 8.97. The smallest absolute Gasteiger partial charge is 0.296 e. The SMILES string of the molecule is C=Cc1ccccc1[Si](F)(c1ccccc1C=C)c1ccccc1C=C. The van der Waals surface area contributed by atoms with E-state index >= 15 is 4.11 Å². The van der Waals surface area contributed by atoms with Gasteiger partial charge in [0.05, 0.1) is 0 Å². The highest BCUT2D eigenvalue weighted by Crippen LogP contribution is 2.17. The maximum absolute atomic E-state index is 17.3. The molecule has 3 aromatic carbocycles. The Kier molecular flexibility index (Phi) is 5.15. The van der Waals surface area contributed by atoms with Gasteiger partial charge in [-0.3, -0.25) is 4.11 Å². The Labute approximate surface area is 155 Å². The summed E-state index contributed by atoms with van der Waals surface area (Å²) in [5.74, 6) is 0. The molecule has 0 nitrogen and oxygen atoms in total. The molecule has 0 spiro atoms. The first-order chi connectivity index (χ1) is 12.7. The third-order valence-corrected chi connectivity index (χ3v) is 8.25. The topological polar surface area (TPSA) is 0 Å². The van der Waals surface area contributed by atoms with E-state index in [1.165, 1.54) is 0 Å². The summed E-state index contributed by atoms with van der Waals surface area (Å²) >= 11 is 0. The normalized spacial score (nSPS) is 11.0. The van der Waals surface area contributed by atoms with Gasteiger partial charge in [0.2, 0.25) is 0 Å². The Morgan fingerprint density at radius 3 is 1.08 bits per heavy atom. The van der Waals surface area contributed by atoms with Gasteiger partial charge in [-0.15, -0.1) is 0 Å². The van der Waals surface area contributed by atoms with Crippen LogP contribution in [0.5, 0.6) is 0 Å². The van der Waals surface area contributed by atoms with Gasteiger partial charge in [-0.25, -0.2) is 0 Å². The first-order valence-electron chi connectivity index (χ1n) is 8.51. The minimum atomic E-state index is -3.79. The van der Waals surface area contributed by atoms with Crippen LogP contribution in [0.2, 0.25) is 0 Å². The maximum atomic E-state index is 17.3. The highest BCUT2D eigenvalue weighted by molar-refractivity contribution is 7.07. The molecule has 0 atom stereocenters. The molecule has 0 amide bonds. The van der Waals surface area contributed by atoms with E-state index in [2.05, 4.69) is 19.7 Å². The van der Waals surface area contributed by atoms with E-state index in [1.54, 1.807) is 18.2 Å². The highest BCUT2D eigenvalue weighted by atomic mass is 28.4. The molecule has 26 heavy (non-hydrogen) atoms. The van der Waals surface area contributed by atoms with E-state index in [9.17, 15) is 0 Å². The van der Waals surface area contributed by atoms with Crippen LogP contribution in [0.25, 0.3) is 18.2 Å². The molecule has 0 radical (unpaired) electrons. The van der Waals surface area contributed by atoms with Gasteiger partial charge in [-0.1, -0.05) is 111 Å². The zero-order valence-corrected chi connectivity index (χ0v) is 15.7. The molecule has 2 heteroatoms. The molecule has 0 saturated carbocycles. The summed E-state index contributed by atoms with van der Waals surface area (Å²) in [5, 5.41) is 2.08. The van der Waals surface area contributed by atoms with Crippen LogP contribution in [0.1, 0.15) is 16.7 Å². The van der Waals surface area contributed by atoms with E-state index in [-0.39, 0.29) is 0 Å². The van der Waals surface area contributed by atoms with Crippen molar-refractivity contribution in [1.82, 2.24) is 0 Å². The number of hydrogen-bond donors (Lipinski definition) is 0. The fourth-order valence-electron chi connectivity index (χ4n) is 3.40. The van der Waals surface area contributed by atoms with Crippen molar-refractivity contribution in [2.24, 2.45) is 0 Å². The second kappa shape index (κ2) is 7.50. The van der Waals surface area contributed by atoms with Crippen LogP contribution in [0.15, 0.2) is 92.5 Å². The predicted molar refractivity (Wildman–Crippen MR) is 115 cm³/mol. The molecular formula is C24H21FSi. The lowest BCUT2D eigenvalue weighted by Crippen LogP contribution is -2.66. The Bertz CT molecular complexity index is 846. The van der Waals surface area contributed by atoms with Crippen LogP contribution in [0.4, 0.5) is 4.11 Å². The zero-order valence-electron chi connectivity index (χ0n) is 14.7. The molecular weight excluding hydrogens is 335 g/mol. The van der Waals surface area contributed by atoms with Crippen LogP contribution in [-0.2, 0) is 0 Å². The Balaban J connectivity index is 2.45. The van der Waals surface area contributed by atoms with Gasteiger partial charge in [-0.05, 0) is 32.3 Å². The van der Waals surface area contributed by atoms with E-state index in [0.29, 0.717) is 15.6 Å². The molecule has 0 fully saturated rings. The molecule has 0 saturated heterocycles. The summed E-state index contributed by atoms with van der Waals surface area (Å²) in [6.07, 6.45) is 5.18. The van der Waals surface area contributed by atoms with E-state index in [4.69, 9.17) is 0 Å². The molecule has 0 bridgehead atoms. The summed E-state index contributed by atoms with van der Waals surface area (Å²) in [6, 6.07) is 22.8. The summed E-state index contributed by atoms with van der Waals surface area (Å²) in [4.78, 5) is 0. The van der Waals surface area contributed by atoms with Gasteiger partial charge in [0.1, 0.15) is 0 Å². The molecule has 128 valence electrons. The summed E-state index contributed by atoms with van der Waals surface area (Å²) < 4.78 is 17.3. The number of benzene rings is 3. The molecule has 3 rings (SSSR count). The fraction of sp³-hybridized carbons (Fsp3) is 0. The van der Waals surface area contributed by atoms with Crippen LogP contribution in [0.3, 0.4) is 0 Å². The first-order valence-corrected chi connectivity index (χ1v) is 10.4. The fourth-order valence-corrected chi connectivity index (χ4v) is 7.00. The van der Waals surface area contributed by atoms with Gasteiger partial charge < -0.3 is 0 Å². The summed E-state index contributed by atoms with van der Waals surface area (Å²) in [6.45, 7) is 11.7. The first kappa shape index (κ1) is 17.8. The average Bonchev–Trinajstić information content (AvgIpc) is 2.73. The van der Waals surface area contributed by atoms with Crippen molar-refractivity contribution < 1.29 is 4.11 Å². The van der Waals surface area contributed by atoms with E-state index in [1.807, 2.05) is 72.8 Å². The molecule has 0 aliphatic rings. The number of halogens is 1. The van der Waals surface area contributed by atoms with Crippen molar-refractivity contribution in [3.63, 3.8) is 0 Å². The monoisotopic (exact) mass is 356 g/mol. The van der Waals surface area contributed by atoms with Crippen molar-refractivity contribution in [3.8, 4) is 0 Å². The third-order valence-electron chi connectivity index (χ3n) is 4.66. The third kappa shape index (κ3) is 2.89. The predicted octanol–water partition coefficient (Wildman–Crippen LogP) is 4.55. The molecule has 0 heterocycles. The zero-order chi connectivity index (χ0) is 18.6. The molecule has 3 aromatic rings. The van der Waals surface area contributed by atoms with Crippen LogP contribution in [0, 0.1) is 0 Å². The second-order valence-electron chi connectivity index (χ2n) is 6.03. The standard InChI is InChI=1S/C24H21FSi/c1-4-19-13-7-10-16-22(19)26(25,23-17-11-8-14-20(23)5-2)24-18-12-9-15-21(24)6-3/h4-18H,1-3H2. The van der Waals surface area contributed by atoms with Crippen LogP contribution < -0.4 is 15.6 Å². The molecule has 0 aliphatic heterocycles. The average molecular weight is 357 g/mol. The van der Waals surface area contributed by atoms with Gasteiger partial charge >= 0.3 is 8.41 Å². The van der Waals surface area contributed by atoms with Crippen molar-refractivity contribution in [3.05, 3.63) is 109 Å². The highest BCUT2D eigenvalue weighted by Gasteiger charge is 2.44. The Morgan fingerprint density at radius 2 is 0.808 bits per heavy atom. The van der Waals surface area contributed by atoms with Gasteiger partial charge in [0, 0.05) is 0 Å². The molecule has 0 aromatic heterocycles. The Hall–Kier alpha value is -2.97. The molecule has 0 unspecified atom stereocenters. The van der Waals surface area contributed by atoms with Gasteiger partial charge in [0.15, 0.2) is 0 Å². The lowest BCUT2D eigenvalue weighted by atomic mass is 10.2. The quantitative estimate of drug-likeness (QED) is 0.345. The van der Waals surface area contributed by atoms with Gasteiger partial charge in [0.25, 0.3) is 0 Å². The molecule has 0 aliphatic carbocycles. The lowest BCUT2D eigenvalue weighted by molar-refractivity contribution is 0.841. The number of rotatable bonds is 6. The van der Waals surface area contributed by atoms with Crippen LogP contribution >= 0.6 is 0 Å². The van der Waals surface area contributed by atoms with Crippen molar-refractivity contribution in [2.75, 3.05) is 0 Å². The maximum Gasteiger partial charge on any atom is 0.341 e.